The number of piperazine rings is 1. The lowest BCUT2D eigenvalue weighted by Crippen LogP contribution is -2.64. The Kier molecular flexibility index (Phi) is 3.62. The molecule has 4 atom stereocenters. The second-order valence-corrected chi connectivity index (χ2v) is 7.90. The Morgan fingerprint density at radius 1 is 1.41 bits per heavy atom. The minimum absolute atomic E-state index is 0.109. The molecule has 5 rings (SSSR count). The molecule has 2 bridgehead atoms. The molecule has 0 saturated carbocycles. The van der Waals surface area contributed by atoms with Gasteiger partial charge in [-0.15, -0.1) is 0 Å². The van der Waals surface area contributed by atoms with E-state index in [4.69, 9.17) is 4.74 Å². The van der Waals surface area contributed by atoms with E-state index in [1.54, 1.807) is 4.90 Å². The van der Waals surface area contributed by atoms with Gasteiger partial charge in [0.15, 0.2) is 11.0 Å². The molecule has 3 aliphatic rings. The van der Waals surface area contributed by atoms with Crippen molar-refractivity contribution in [2.75, 3.05) is 17.7 Å². The SMILES string of the molecule is CSc1nc2c3c(ncc(F)c3n1)OC(C)C1C3CCC(CN21)N3C(=O)O. The van der Waals surface area contributed by atoms with Gasteiger partial charge in [0.1, 0.15) is 22.8 Å². The fraction of sp³-hybridized carbons (Fsp3) is 0.529. The van der Waals surface area contributed by atoms with Crippen LogP contribution in [0.3, 0.4) is 0 Å². The van der Waals surface area contributed by atoms with Crippen molar-refractivity contribution in [3.63, 3.8) is 0 Å². The molecular formula is C17H18FN5O3S. The molecule has 0 spiro atoms. The zero-order valence-corrected chi connectivity index (χ0v) is 15.6. The van der Waals surface area contributed by atoms with Crippen LogP contribution >= 0.6 is 11.8 Å². The first-order valence-electron chi connectivity index (χ1n) is 8.84. The van der Waals surface area contributed by atoms with Crippen LogP contribution in [0.25, 0.3) is 10.9 Å². The molecule has 1 N–H and O–H groups in total. The summed E-state index contributed by atoms with van der Waals surface area (Å²) in [6.07, 6.45) is 3.29. The first-order valence-corrected chi connectivity index (χ1v) is 10.1. The van der Waals surface area contributed by atoms with E-state index in [0.29, 0.717) is 28.8 Å². The van der Waals surface area contributed by atoms with Gasteiger partial charge in [0.2, 0.25) is 5.88 Å². The van der Waals surface area contributed by atoms with Crippen LogP contribution in [-0.2, 0) is 0 Å². The van der Waals surface area contributed by atoms with E-state index in [1.807, 2.05) is 13.2 Å². The van der Waals surface area contributed by atoms with Crippen LogP contribution in [0.2, 0.25) is 0 Å². The number of halogens is 1. The molecule has 142 valence electrons. The number of ether oxygens (including phenoxy) is 1. The van der Waals surface area contributed by atoms with E-state index >= 15 is 0 Å². The van der Waals surface area contributed by atoms with Gasteiger partial charge in [-0.25, -0.2) is 24.1 Å². The number of rotatable bonds is 1. The number of pyridine rings is 1. The molecule has 3 aliphatic heterocycles. The minimum Gasteiger partial charge on any atom is -0.472 e. The molecule has 2 saturated heterocycles. The topological polar surface area (TPSA) is 91.7 Å². The maximum atomic E-state index is 14.5. The molecule has 27 heavy (non-hydrogen) atoms. The third kappa shape index (κ3) is 2.28. The van der Waals surface area contributed by atoms with Gasteiger partial charge in [-0.1, -0.05) is 11.8 Å². The third-order valence-electron chi connectivity index (χ3n) is 5.77. The largest absolute Gasteiger partial charge is 0.472 e. The maximum Gasteiger partial charge on any atom is 0.407 e. The van der Waals surface area contributed by atoms with E-state index in [9.17, 15) is 14.3 Å². The third-order valence-corrected chi connectivity index (χ3v) is 6.31. The van der Waals surface area contributed by atoms with E-state index in [0.717, 1.165) is 19.0 Å². The summed E-state index contributed by atoms with van der Waals surface area (Å²) >= 11 is 1.34. The average molecular weight is 391 g/mol. The van der Waals surface area contributed by atoms with Crippen LogP contribution in [0.5, 0.6) is 5.88 Å². The number of carbonyl (C=O) groups is 1. The normalized spacial score (nSPS) is 28.7. The minimum atomic E-state index is -0.905. The Balaban J connectivity index is 1.75. The molecule has 0 aromatic carbocycles. The summed E-state index contributed by atoms with van der Waals surface area (Å²) in [5.41, 5.74) is 0.190. The van der Waals surface area contributed by atoms with Crippen molar-refractivity contribution >= 4 is 34.6 Å². The first-order chi connectivity index (χ1) is 13.0. The van der Waals surface area contributed by atoms with Gasteiger partial charge in [-0.05, 0) is 26.0 Å². The summed E-state index contributed by atoms with van der Waals surface area (Å²) in [6.45, 7) is 2.40. The Hall–Kier alpha value is -2.36. The number of carboxylic acid groups (broad SMARTS) is 1. The summed E-state index contributed by atoms with van der Waals surface area (Å²) in [7, 11) is 0. The van der Waals surface area contributed by atoms with Crippen LogP contribution in [0.4, 0.5) is 15.0 Å². The molecule has 8 nitrogen and oxygen atoms in total. The molecule has 2 fully saturated rings. The lowest BCUT2D eigenvalue weighted by molar-refractivity contribution is 0.0707. The first kappa shape index (κ1) is 16.8. The number of amides is 1. The number of hydrogen-bond acceptors (Lipinski definition) is 7. The fourth-order valence-corrected chi connectivity index (χ4v) is 5.11. The number of thioether (sulfide) groups is 1. The molecule has 2 aromatic rings. The van der Waals surface area contributed by atoms with Crippen molar-refractivity contribution in [2.45, 2.75) is 49.2 Å². The second kappa shape index (κ2) is 5.82. The Morgan fingerprint density at radius 2 is 2.22 bits per heavy atom. The molecule has 4 unspecified atom stereocenters. The van der Waals surface area contributed by atoms with Crippen molar-refractivity contribution < 1.29 is 19.0 Å². The molecule has 0 aliphatic carbocycles. The molecular weight excluding hydrogens is 373 g/mol. The molecule has 5 heterocycles. The van der Waals surface area contributed by atoms with Gasteiger partial charge in [0.25, 0.3) is 0 Å². The number of fused-ring (bicyclic) bond motifs is 5. The summed E-state index contributed by atoms with van der Waals surface area (Å²) in [6, 6.07) is -0.523. The van der Waals surface area contributed by atoms with Crippen LogP contribution in [0.15, 0.2) is 11.4 Å². The summed E-state index contributed by atoms with van der Waals surface area (Å²) in [4.78, 5) is 28.6. The van der Waals surface area contributed by atoms with E-state index in [2.05, 4.69) is 19.9 Å². The lowest BCUT2D eigenvalue weighted by Gasteiger charge is -2.47. The van der Waals surface area contributed by atoms with E-state index < -0.39 is 11.9 Å². The van der Waals surface area contributed by atoms with Gasteiger partial charge in [0.05, 0.1) is 24.3 Å². The van der Waals surface area contributed by atoms with Crippen LogP contribution in [-0.4, -0.2) is 68.1 Å². The van der Waals surface area contributed by atoms with Crippen molar-refractivity contribution in [1.82, 2.24) is 19.9 Å². The zero-order valence-electron chi connectivity index (χ0n) is 14.8. The quantitative estimate of drug-likeness (QED) is 0.585. The Bertz CT molecular complexity index is 960. The summed E-state index contributed by atoms with van der Waals surface area (Å²) in [5, 5.41) is 10.6. The standard InChI is InChI=1S/C17H18FN5O3S/c1-7-13-10-4-3-8(23(10)17(24)25)6-22(13)14-11-12(20-16(21-14)27-2)9(18)5-19-15(11)26-7/h5,7-8,10,13H,3-4,6H2,1-2H3,(H,24,25). The summed E-state index contributed by atoms with van der Waals surface area (Å²) < 4.78 is 20.6. The van der Waals surface area contributed by atoms with Crippen LogP contribution in [0, 0.1) is 5.82 Å². The van der Waals surface area contributed by atoms with Crippen LogP contribution < -0.4 is 9.64 Å². The van der Waals surface area contributed by atoms with Crippen molar-refractivity contribution in [1.29, 1.82) is 0 Å². The number of nitrogens with zero attached hydrogens (tertiary/aromatic N) is 5. The monoisotopic (exact) mass is 391 g/mol. The maximum absolute atomic E-state index is 14.5. The fourth-order valence-electron chi connectivity index (χ4n) is 4.75. The molecule has 0 radical (unpaired) electrons. The van der Waals surface area contributed by atoms with E-state index in [-0.39, 0.29) is 29.7 Å². The van der Waals surface area contributed by atoms with Gasteiger partial charge in [-0.2, -0.15) is 0 Å². The average Bonchev–Trinajstić information content (AvgIpc) is 2.90. The smallest absolute Gasteiger partial charge is 0.407 e. The van der Waals surface area contributed by atoms with Crippen LogP contribution in [0.1, 0.15) is 19.8 Å². The number of anilines is 1. The Morgan fingerprint density at radius 3 is 2.96 bits per heavy atom. The van der Waals surface area contributed by atoms with Crippen molar-refractivity contribution in [2.24, 2.45) is 0 Å². The highest BCUT2D eigenvalue weighted by atomic mass is 32.2. The summed E-state index contributed by atoms with van der Waals surface area (Å²) in [5.74, 6) is 0.367. The van der Waals surface area contributed by atoms with E-state index in [1.165, 1.54) is 11.8 Å². The molecule has 2 aromatic heterocycles. The van der Waals surface area contributed by atoms with Gasteiger partial charge in [0, 0.05) is 6.54 Å². The van der Waals surface area contributed by atoms with Gasteiger partial charge >= 0.3 is 6.09 Å². The van der Waals surface area contributed by atoms with Crippen molar-refractivity contribution in [3.8, 4) is 5.88 Å². The molecule has 1 amide bonds. The van der Waals surface area contributed by atoms with Crippen molar-refractivity contribution in [3.05, 3.63) is 12.0 Å². The highest BCUT2D eigenvalue weighted by Gasteiger charge is 2.52. The number of aromatic nitrogens is 3. The lowest BCUT2D eigenvalue weighted by atomic mass is 9.98. The number of hydrogen-bond donors (Lipinski definition) is 1. The van der Waals surface area contributed by atoms with Gasteiger partial charge < -0.3 is 14.7 Å². The highest BCUT2D eigenvalue weighted by Crippen LogP contribution is 2.44. The predicted molar refractivity (Wildman–Crippen MR) is 97.0 cm³/mol. The Labute approximate surface area is 158 Å². The second-order valence-electron chi connectivity index (χ2n) is 7.12. The zero-order chi connectivity index (χ0) is 18.9. The molecule has 10 heteroatoms. The van der Waals surface area contributed by atoms with Gasteiger partial charge in [-0.3, -0.25) is 4.90 Å². The predicted octanol–water partition coefficient (Wildman–Crippen LogP) is 2.37. The highest BCUT2D eigenvalue weighted by molar-refractivity contribution is 7.98.